The zero-order valence-electron chi connectivity index (χ0n) is 9.75. The Balaban J connectivity index is 2.89. The largest absolute Gasteiger partial charge is 0.455 e. The van der Waals surface area contributed by atoms with Crippen LogP contribution in [-0.2, 0) is 15.7 Å². The van der Waals surface area contributed by atoms with Crippen LogP contribution in [0.5, 0.6) is 5.75 Å². The van der Waals surface area contributed by atoms with E-state index in [2.05, 4.69) is 4.74 Å². The molecule has 0 fully saturated rings. The molecule has 0 aliphatic heterocycles. The lowest BCUT2D eigenvalue weighted by molar-refractivity contribution is -0.158. The molecule has 100 valence electrons. The van der Waals surface area contributed by atoms with Gasteiger partial charge in [-0.2, -0.15) is 13.2 Å². The summed E-state index contributed by atoms with van der Waals surface area (Å²) in [5, 5.41) is 0. The lowest BCUT2D eigenvalue weighted by atomic mass is 10.1. The van der Waals surface area contributed by atoms with Crippen molar-refractivity contribution in [2.45, 2.75) is 26.3 Å². The second kappa shape index (κ2) is 5.16. The van der Waals surface area contributed by atoms with Crippen LogP contribution in [0.4, 0.5) is 18.9 Å². The van der Waals surface area contributed by atoms with Crippen LogP contribution in [0.3, 0.4) is 0 Å². The number of nitrogens with two attached hydrogens (primary N) is 1. The monoisotopic (exact) mass is 263 g/mol. The van der Waals surface area contributed by atoms with Gasteiger partial charge in [0.1, 0.15) is 5.75 Å². The summed E-state index contributed by atoms with van der Waals surface area (Å²) in [4.78, 5) is 10.6. The molecule has 18 heavy (non-hydrogen) atoms. The normalized spacial score (nSPS) is 12.9. The van der Waals surface area contributed by atoms with Gasteiger partial charge in [0.2, 0.25) is 6.29 Å². The molecule has 0 saturated heterocycles. The smallest absolute Gasteiger partial charge is 0.418 e. The Morgan fingerprint density at radius 2 is 2.00 bits per heavy atom. The molecule has 0 amide bonds. The maximum atomic E-state index is 12.6. The number of benzene rings is 1. The summed E-state index contributed by atoms with van der Waals surface area (Å²) in [5.74, 6) is -0.667. The number of hydrogen-bond donors (Lipinski definition) is 1. The maximum Gasteiger partial charge on any atom is 0.418 e. The van der Waals surface area contributed by atoms with Crippen LogP contribution in [0.25, 0.3) is 0 Å². The standard InChI is InChI=1S/C11H12F3NO3/c1-6(16)17-7(2)18-8-3-4-10(15)9(5-8)11(12,13)14/h3-5,7H,15H2,1-2H3. The number of esters is 1. The third-order valence-corrected chi connectivity index (χ3v) is 1.96. The summed E-state index contributed by atoms with van der Waals surface area (Å²) in [6.45, 7) is 2.56. The first-order valence-electron chi connectivity index (χ1n) is 5.00. The molecule has 0 heterocycles. The molecule has 0 spiro atoms. The van der Waals surface area contributed by atoms with Gasteiger partial charge in [-0.3, -0.25) is 4.79 Å². The molecule has 7 heteroatoms. The first-order chi connectivity index (χ1) is 8.20. The summed E-state index contributed by atoms with van der Waals surface area (Å²) in [7, 11) is 0. The number of rotatable bonds is 3. The molecular weight excluding hydrogens is 251 g/mol. The van der Waals surface area contributed by atoms with Gasteiger partial charge in [0.15, 0.2) is 0 Å². The maximum absolute atomic E-state index is 12.6. The number of hydrogen-bond acceptors (Lipinski definition) is 4. The van der Waals surface area contributed by atoms with Gasteiger partial charge in [-0.15, -0.1) is 0 Å². The lowest BCUT2D eigenvalue weighted by Gasteiger charge is -2.16. The number of anilines is 1. The van der Waals surface area contributed by atoms with Gasteiger partial charge in [0.05, 0.1) is 5.56 Å². The minimum Gasteiger partial charge on any atom is -0.455 e. The first kappa shape index (κ1) is 14.1. The average Bonchev–Trinajstić information content (AvgIpc) is 2.17. The number of carbonyl (C=O) groups is 1. The quantitative estimate of drug-likeness (QED) is 0.517. The van der Waals surface area contributed by atoms with Crippen LogP contribution < -0.4 is 10.5 Å². The molecular formula is C11H12F3NO3. The second-order valence-corrected chi connectivity index (χ2v) is 3.54. The molecule has 4 nitrogen and oxygen atoms in total. The lowest BCUT2D eigenvalue weighted by Crippen LogP contribution is -2.19. The molecule has 0 aromatic heterocycles. The van der Waals surface area contributed by atoms with E-state index in [0.717, 1.165) is 12.1 Å². The van der Waals surface area contributed by atoms with E-state index in [0.29, 0.717) is 0 Å². The molecule has 0 bridgehead atoms. The predicted molar refractivity (Wildman–Crippen MR) is 57.7 cm³/mol. The third-order valence-electron chi connectivity index (χ3n) is 1.96. The highest BCUT2D eigenvalue weighted by Crippen LogP contribution is 2.35. The SMILES string of the molecule is CC(=O)OC(C)Oc1ccc(N)c(C(F)(F)F)c1. The highest BCUT2D eigenvalue weighted by molar-refractivity contribution is 5.66. The van der Waals surface area contributed by atoms with Crippen LogP contribution >= 0.6 is 0 Å². The number of nitrogen functional groups attached to an aromatic ring is 1. The summed E-state index contributed by atoms with van der Waals surface area (Å²) in [6, 6.07) is 3.11. The Labute approximate surface area is 101 Å². The van der Waals surface area contributed by atoms with Crippen LogP contribution in [0.15, 0.2) is 18.2 Å². The van der Waals surface area contributed by atoms with Crippen molar-refractivity contribution in [2.75, 3.05) is 5.73 Å². The zero-order valence-corrected chi connectivity index (χ0v) is 9.75. The minimum atomic E-state index is -4.56. The van der Waals surface area contributed by atoms with Crippen molar-refractivity contribution in [1.29, 1.82) is 0 Å². The zero-order chi connectivity index (χ0) is 13.9. The number of carbonyl (C=O) groups excluding carboxylic acids is 1. The molecule has 1 unspecified atom stereocenters. The molecule has 2 N–H and O–H groups in total. The second-order valence-electron chi connectivity index (χ2n) is 3.54. The van der Waals surface area contributed by atoms with E-state index in [4.69, 9.17) is 10.5 Å². The van der Waals surface area contributed by atoms with E-state index >= 15 is 0 Å². The third kappa shape index (κ3) is 3.83. The molecule has 0 saturated carbocycles. The molecule has 1 rings (SSSR count). The highest BCUT2D eigenvalue weighted by Gasteiger charge is 2.33. The number of halogens is 3. The molecule has 0 radical (unpaired) electrons. The summed E-state index contributed by atoms with van der Waals surface area (Å²) < 4.78 is 47.3. The average molecular weight is 263 g/mol. The summed E-state index contributed by atoms with van der Waals surface area (Å²) in [6.07, 6.45) is -5.54. The van der Waals surface area contributed by atoms with Crippen LogP contribution in [-0.4, -0.2) is 12.3 Å². The Bertz CT molecular complexity index is 446. The molecule has 1 aromatic rings. The summed E-state index contributed by atoms with van der Waals surface area (Å²) in [5.41, 5.74) is 3.84. The van der Waals surface area contributed by atoms with Gasteiger partial charge in [-0.25, -0.2) is 0 Å². The minimum absolute atomic E-state index is 0.0784. The van der Waals surface area contributed by atoms with Crippen molar-refractivity contribution >= 4 is 11.7 Å². The van der Waals surface area contributed by atoms with Gasteiger partial charge >= 0.3 is 12.1 Å². The molecule has 0 aliphatic rings. The Hall–Kier alpha value is -1.92. The Morgan fingerprint density at radius 1 is 1.39 bits per heavy atom. The topological polar surface area (TPSA) is 61.5 Å². The van der Waals surface area contributed by atoms with Crippen molar-refractivity contribution < 1.29 is 27.4 Å². The number of alkyl halides is 3. The van der Waals surface area contributed by atoms with E-state index in [1.54, 1.807) is 0 Å². The fourth-order valence-corrected chi connectivity index (χ4v) is 1.30. The summed E-state index contributed by atoms with van der Waals surface area (Å²) >= 11 is 0. The van der Waals surface area contributed by atoms with Crippen LogP contribution in [0.2, 0.25) is 0 Å². The van der Waals surface area contributed by atoms with Gasteiger partial charge in [-0.05, 0) is 18.2 Å². The Morgan fingerprint density at radius 3 is 2.50 bits per heavy atom. The van der Waals surface area contributed by atoms with Gasteiger partial charge < -0.3 is 15.2 Å². The molecule has 0 aliphatic carbocycles. The van der Waals surface area contributed by atoms with Crippen molar-refractivity contribution in [2.24, 2.45) is 0 Å². The number of ether oxygens (including phenoxy) is 2. The van der Waals surface area contributed by atoms with E-state index in [1.165, 1.54) is 19.9 Å². The molecule has 1 atom stereocenters. The highest BCUT2D eigenvalue weighted by atomic mass is 19.4. The van der Waals surface area contributed by atoms with Crippen LogP contribution in [0.1, 0.15) is 19.4 Å². The first-order valence-corrected chi connectivity index (χ1v) is 5.00. The van der Waals surface area contributed by atoms with Crippen LogP contribution in [0, 0.1) is 0 Å². The van der Waals surface area contributed by atoms with E-state index < -0.39 is 29.7 Å². The van der Waals surface area contributed by atoms with E-state index in [9.17, 15) is 18.0 Å². The Kier molecular flexibility index (Phi) is 4.05. The van der Waals surface area contributed by atoms with E-state index in [1.807, 2.05) is 0 Å². The van der Waals surface area contributed by atoms with Gasteiger partial charge in [0.25, 0.3) is 0 Å². The van der Waals surface area contributed by atoms with Crippen molar-refractivity contribution in [3.63, 3.8) is 0 Å². The fourth-order valence-electron chi connectivity index (χ4n) is 1.30. The fraction of sp³-hybridized carbons (Fsp3) is 0.364. The van der Waals surface area contributed by atoms with Crippen molar-refractivity contribution in [3.05, 3.63) is 23.8 Å². The van der Waals surface area contributed by atoms with Gasteiger partial charge in [0, 0.05) is 19.5 Å². The van der Waals surface area contributed by atoms with Crippen molar-refractivity contribution in [3.8, 4) is 5.75 Å². The predicted octanol–water partition coefficient (Wildman–Crippen LogP) is 2.58. The van der Waals surface area contributed by atoms with Crippen molar-refractivity contribution in [1.82, 2.24) is 0 Å². The van der Waals surface area contributed by atoms with E-state index in [-0.39, 0.29) is 5.75 Å². The molecule has 1 aromatic carbocycles. The van der Waals surface area contributed by atoms with Gasteiger partial charge in [-0.1, -0.05) is 0 Å².